The molecule has 1 N–H and O–H groups in total. The summed E-state index contributed by atoms with van der Waals surface area (Å²) in [5.41, 5.74) is 0. The second-order valence-electron chi connectivity index (χ2n) is 3.99. The van der Waals surface area contributed by atoms with E-state index in [2.05, 4.69) is 39.8 Å². The highest BCUT2D eigenvalue weighted by Crippen LogP contribution is 2.00. The normalized spacial score (nSPS) is 12.8. The van der Waals surface area contributed by atoms with Crippen LogP contribution < -0.4 is 5.32 Å². The summed E-state index contributed by atoms with van der Waals surface area (Å²) < 4.78 is 10.00. The highest BCUT2D eigenvalue weighted by Gasteiger charge is 2.13. The number of halogens is 1. The van der Waals surface area contributed by atoms with Gasteiger partial charge in [-0.25, -0.2) is 0 Å². The molecule has 0 amide bonds. The number of hydrogen-bond acceptors (Lipinski definition) is 4. The molecule has 4 nitrogen and oxygen atoms in total. The average Bonchev–Trinajstić information content (AvgIpc) is 2.25. The Kier molecular flexibility index (Phi) is 9.97. The summed E-state index contributed by atoms with van der Waals surface area (Å²) in [6, 6.07) is 0. The topological polar surface area (TPSA) is 47.6 Å². The Balaban J connectivity index is 3.24. The van der Waals surface area contributed by atoms with E-state index < -0.39 is 0 Å². The van der Waals surface area contributed by atoms with E-state index in [4.69, 9.17) is 4.74 Å². The maximum atomic E-state index is 11.0. The molecule has 0 saturated carbocycles. The zero-order chi connectivity index (χ0) is 12.4. The molecular weight excluding hydrogens is 274 g/mol. The van der Waals surface area contributed by atoms with Gasteiger partial charge < -0.3 is 14.8 Å². The van der Waals surface area contributed by atoms with E-state index in [1.807, 2.05) is 0 Å². The van der Waals surface area contributed by atoms with Gasteiger partial charge in [0.05, 0.1) is 13.7 Å². The first-order valence-electron chi connectivity index (χ1n) is 5.58. The quantitative estimate of drug-likeness (QED) is 0.399. The minimum atomic E-state index is -0.284. The van der Waals surface area contributed by atoms with Gasteiger partial charge in [-0.2, -0.15) is 0 Å². The zero-order valence-corrected chi connectivity index (χ0v) is 11.9. The molecule has 0 aromatic carbocycles. The lowest BCUT2D eigenvalue weighted by Gasteiger charge is -2.10. The summed E-state index contributed by atoms with van der Waals surface area (Å²) in [6.07, 6.45) is 1.09. The number of ether oxygens (including phenoxy) is 2. The van der Waals surface area contributed by atoms with Gasteiger partial charge in [-0.05, 0) is 12.3 Å². The molecule has 0 aliphatic carbocycles. The Hall–Kier alpha value is -0.130. The Bertz CT molecular complexity index is 188. The number of alkyl halides is 1. The second-order valence-corrected chi connectivity index (χ2v) is 5.10. The maximum Gasteiger partial charge on any atom is 0.320 e. The molecule has 0 aliphatic heterocycles. The molecule has 0 aliphatic rings. The number of esters is 1. The molecule has 0 spiro atoms. The molecular formula is C11H22BrNO3. The fraction of sp³-hybridized carbons (Fsp3) is 0.909. The zero-order valence-electron chi connectivity index (χ0n) is 10.3. The minimum Gasteiger partial charge on any atom is -0.468 e. The number of methoxy groups -OCH3 is 1. The van der Waals surface area contributed by atoms with Crippen LogP contribution in [0.3, 0.4) is 0 Å². The summed E-state index contributed by atoms with van der Waals surface area (Å²) in [5.74, 6) is 0.424. The van der Waals surface area contributed by atoms with Gasteiger partial charge in [-0.3, -0.25) is 4.79 Å². The molecule has 0 aromatic rings. The van der Waals surface area contributed by atoms with E-state index in [0.717, 1.165) is 19.6 Å². The van der Waals surface area contributed by atoms with Crippen LogP contribution in [0.4, 0.5) is 0 Å². The highest BCUT2D eigenvalue weighted by atomic mass is 79.9. The fourth-order valence-electron chi connectivity index (χ4n) is 1.01. The lowest BCUT2D eigenvalue weighted by molar-refractivity contribution is -0.139. The van der Waals surface area contributed by atoms with Crippen LogP contribution in [-0.4, -0.2) is 44.2 Å². The van der Waals surface area contributed by atoms with Crippen molar-refractivity contribution in [2.45, 2.75) is 25.1 Å². The maximum absolute atomic E-state index is 11.0. The SMILES string of the molecule is COC(=O)C(Br)CNCCOCCC(C)C. The molecule has 5 heteroatoms. The van der Waals surface area contributed by atoms with Gasteiger partial charge in [0.1, 0.15) is 4.83 Å². The second kappa shape index (κ2) is 10.1. The van der Waals surface area contributed by atoms with E-state index in [9.17, 15) is 4.79 Å². The minimum absolute atomic E-state index is 0.256. The van der Waals surface area contributed by atoms with Crippen LogP contribution in [0.15, 0.2) is 0 Å². The number of carbonyl (C=O) groups excluding carboxylic acids is 1. The van der Waals surface area contributed by atoms with Crippen molar-refractivity contribution in [1.82, 2.24) is 5.32 Å². The lowest BCUT2D eigenvalue weighted by Crippen LogP contribution is -2.31. The number of nitrogens with one attached hydrogen (secondary N) is 1. The predicted molar refractivity (Wildman–Crippen MR) is 67.9 cm³/mol. The standard InChI is InChI=1S/C11H22BrNO3/c1-9(2)4-6-16-7-5-13-8-10(12)11(14)15-3/h9-10,13H,4-8H2,1-3H3. The first-order valence-corrected chi connectivity index (χ1v) is 6.49. The monoisotopic (exact) mass is 295 g/mol. The number of carbonyl (C=O) groups is 1. The van der Waals surface area contributed by atoms with Crippen molar-refractivity contribution in [1.29, 1.82) is 0 Å². The number of rotatable bonds is 9. The van der Waals surface area contributed by atoms with Crippen LogP contribution in [0.2, 0.25) is 0 Å². The van der Waals surface area contributed by atoms with Crippen molar-refractivity contribution in [2.75, 3.05) is 33.4 Å². The summed E-state index contributed by atoms with van der Waals surface area (Å²) in [4.78, 5) is 10.7. The van der Waals surface area contributed by atoms with Crippen LogP contribution >= 0.6 is 15.9 Å². The van der Waals surface area contributed by atoms with Crippen molar-refractivity contribution < 1.29 is 14.3 Å². The van der Waals surface area contributed by atoms with Gasteiger partial charge in [0.15, 0.2) is 0 Å². The summed E-state index contributed by atoms with van der Waals surface area (Å²) >= 11 is 3.23. The molecule has 0 rings (SSSR count). The molecule has 1 unspecified atom stereocenters. The summed E-state index contributed by atoms with van der Waals surface area (Å²) in [7, 11) is 1.38. The summed E-state index contributed by atoms with van der Waals surface area (Å²) in [6.45, 7) is 7.12. The van der Waals surface area contributed by atoms with Crippen LogP contribution in [0.5, 0.6) is 0 Å². The first-order chi connectivity index (χ1) is 7.57. The average molecular weight is 296 g/mol. The van der Waals surface area contributed by atoms with Crippen LogP contribution in [0, 0.1) is 5.92 Å². The number of hydrogen-bond donors (Lipinski definition) is 1. The van der Waals surface area contributed by atoms with E-state index in [1.54, 1.807) is 0 Å². The van der Waals surface area contributed by atoms with Gasteiger partial charge in [0.2, 0.25) is 0 Å². The van der Waals surface area contributed by atoms with E-state index in [1.165, 1.54) is 7.11 Å². The van der Waals surface area contributed by atoms with Gasteiger partial charge >= 0.3 is 5.97 Å². The predicted octanol–water partition coefficient (Wildman–Crippen LogP) is 1.58. The van der Waals surface area contributed by atoms with Crippen molar-refractivity contribution in [2.24, 2.45) is 5.92 Å². The van der Waals surface area contributed by atoms with Gasteiger partial charge in [0, 0.05) is 19.7 Å². The molecule has 96 valence electrons. The lowest BCUT2D eigenvalue weighted by atomic mass is 10.1. The van der Waals surface area contributed by atoms with Crippen LogP contribution in [0.25, 0.3) is 0 Å². The van der Waals surface area contributed by atoms with E-state index in [0.29, 0.717) is 19.1 Å². The summed E-state index contributed by atoms with van der Waals surface area (Å²) in [5, 5.41) is 3.12. The largest absolute Gasteiger partial charge is 0.468 e. The first kappa shape index (κ1) is 15.9. The van der Waals surface area contributed by atoms with Crippen molar-refractivity contribution in [3.8, 4) is 0 Å². The molecule has 0 radical (unpaired) electrons. The third kappa shape index (κ3) is 9.12. The highest BCUT2D eigenvalue weighted by molar-refractivity contribution is 9.10. The van der Waals surface area contributed by atoms with Gasteiger partial charge in [-0.1, -0.05) is 29.8 Å². The molecule has 0 fully saturated rings. The smallest absolute Gasteiger partial charge is 0.320 e. The van der Waals surface area contributed by atoms with Gasteiger partial charge in [-0.15, -0.1) is 0 Å². The molecule has 1 atom stereocenters. The Morgan fingerprint density at radius 2 is 2.06 bits per heavy atom. The van der Waals surface area contributed by atoms with E-state index in [-0.39, 0.29) is 10.8 Å². The third-order valence-corrected chi connectivity index (χ3v) is 2.74. The third-order valence-electron chi connectivity index (χ3n) is 2.04. The van der Waals surface area contributed by atoms with Crippen molar-refractivity contribution in [3.63, 3.8) is 0 Å². The Labute approximate surface area is 106 Å². The Morgan fingerprint density at radius 3 is 2.62 bits per heavy atom. The van der Waals surface area contributed by atoms with Crippen molar-refractivity contribution >= 4 is 21.9 Å². The van der Waals surface area contributed by atoms with E-state index >= 15 is 0 Å². The molecule has 0 saturated heterocycles. The molecule has 0 heterocycles. The Morgan fingerprint density at radius 1 is 1.38 bits per heavy atom. The van der Waals surface area contributed by atoms with Crippen LogP contribution in [-0.2, 0) is 14.3 Å². The van der Waals surface area contributed by atoms with Crippen molar-refractivity contribution in [3.05, 3.63) is 0 Å². The van der Waals surface area contributed by atoms with Crippen LogP contribution in [0.1, 0.15) is 20.3 Å². The molecule has 16 heavy (non-hydrogen) atoms. The van der Waals surface area contributed by atoms with Gasteiger partial charge in [0.25, 0.3) is 0 Å². The molecule has 0 bridgehead atoms. The fourth-order valence-corrected chi connectivity index (χ4v) is 1.42. The molecule has 0 aromatic heterocycles.